The number of hydrogen-bond acceptors (Lipinski definition) is 3. The molecule has 0 spiro atoms. The molecule has 0 saturated carbocycles. The van der Waals surface area contributed by atoms with Gasteiger partial charge in [-0.3, -0.25) is 4.79 Å². The summed E-state index contributed by atoms with van der Waals surface area (Å²) in [5, 5.41) is 12.7. The minimum absolute atomic E-state index is 0.105. The summed E-state index contributed by atoms with van der Waals surface area (Å²) < 4.78 is 5.09. The predicted molar refractivity (Wildman–Crippen MR) is 60.7 cm³/mol. The summed E-state index contributed by atoms with van der Waals surface area (Å²) in [5.41, 5.74) is -1.17. The third kappa shape index (κ3) is 3.55. The van der Waals surface area contributed by atoms with Crippen molar-refractivity contribution < 1.29 is 14.3 Å². The molecule has 0 aliphatic carbocycles. The Hall–Kier alpha value is -1.55. The second kappa shape index (κ2) is 5.51. The van der Waals surface area contributed by atoms with Gasteiger partial charge >= 0.3 is 0 Å². The molecule has 1 atom stereocenters. The average molecular weight is 223 g/mol. The molecule has 0 saturated heterocycles. The Morgan fingerprint density at radius 3 is 3.06 bits per heavy atom. The first kappa shape index (κ1) is 12.5. The molecule has 1 rings (SSSR count). The van der Waals surface area contributed by atoms with Gasteiger partial charge in [0.05, 0.1) is 12.8 Å². The van der Waals surface area contributed by atoms with Crippen molar-refractivity contribution in [2.75, 3.05) is 6.54 Å². The van der Waals surface area contributed by atoms with Crippen LogP contribution in [-0.4, -0.2) is 17.6 Å². The molecule has 1 aromatic rings. The van der Waals surface area contributed by atoms with Crippen molar-refractivity contribution in [3.63, 3.8) is 0 Å². The van der Waals surface area contributed by atoms with E-state index in [2.05, 4.69) is 11.9 Å². The summed E-state index contributed by atoms with van der Waals surface area (Å²) in [6, 6.07) is 3.37. The normalized spacial score (nSPS) is 14.1. The van der Waals surface area contributed by atoms with E-state index in [1.54, 1.807) is 25.1 Å². The predicted octanol–water partition coefficient (Wildman–Crippen LogP) is 1.57. The maximum atomic E-state index is 11.3. The number of carbonyl (C=O) groups excluding carboxylic acids is 1. The topological polar surface area (TPSA) is 62.5 Å². The Labute approximate surface area is 95.0 Å². The molecule has 88 valence electrons. The highest BCUT2D eigenvalue weighted by Gasteiger charge is 2.26. The van der Waals surface area contributed by atoms with E-state index in [0.29, 0.717) is 18.6 Å². The highest BCUT2D eigenvalue weighted by molar-refractivity contribution is 5.76. The molecule has 1 amide bonds. The molecule has 0 aliphatic heterocycles. The van der Waals surface area contributed by atoms with E-state index in [0.717, 1.165) is 0 Å². The Morgan fingerprint density at radius 1 is 1.75 bits per heavy atom. The van der Waals surface area contributed by atoms with Crippen molar-refractivity contribution in [1.82, 2.24) is 5.32 Å². The van der Waals surface area contributed by atoms with Crippen molar-refractivity contribution in [2.45, 2.75) is 25.4 Å². The van der Waals surface area contributed by atoms with Gasteiger partial charge in [0.1, 0.15) is 11.4 Å². The smallest absolute Gasteiger partial charge is 0.220 e. The monoisotopic (exact) mass is 223 g/mol. The van der Waals surface area contributed by atoms with E-state index in [4.69, 9.17) is 4.42 Å². The summed E-state index contributed by atoms with van der Waals surface area (Å²) in [4.78, 5) is 11.3. The first-order valence-electron chi connectivity index (χ1n) is 5.20. The van der Waals surface area contributed by atoms with Gasteiger partial charge < -0.3 is 14.8 Å². The number of rotatable bonds is 6. The van der Waals surface area contributed by atoms with Crippen molar-refractivity contribution in [3.05, 3.63) is 36.8 Å². The van der Waals surface area contributed by atoms with Crippen molar-refractivity contribution in [2.24, 2.45) is 0 Å². The maximum absolute atomic E-state index is 11.3. The van der Waals surface area contributed by atoms with Crippen LogP contribution in [0.1, 0.15) is 25.5 Å². The SMILES string of the molecule is C=CCCC(=O)NC[C@](C)(O)c1ccco1. The van der Waals surface area contributed by atoms with Crippen LogP contribution < -0.4 is 5.32 Å². The van der Waals surface area contributed by atoms with E-state index in [1.165, 1.54) is 6.26 Å². The van der Waals surface area contributed by atoms with Gasteiger partial charge in [0.2, 0.25) is 5.91 Å². The lowest BCUT2D eigenvalue weighted by atomic mass is 10.0. The fourth-order valence-corrected chi connectivity index (χ4v) is 1.26. The summed E-state index contributed by atoms with van der Waals surface area (Å²) in [6.45, 7) is 5.27. The lowest BCUT2D eigenvalue weighted by molar-refractivity contribution is -0.122. The molecule has 1 aromatic heterocycles. The lowest BCUT2D eigenvalue weighted by Gasteiger charge is -2.21. The zero-order valence-electron chi connectivity index (χ0n) is 9.40. The molecule has 4 heteroatoms. The fraction of sp³-hybridized carbons (Fsp3) is 0.417. The Bertz CT molecular complexity index is 341. The Kier molecular flexibility index (Phi) is 4.31. The van der Waals surface area contributed by atoms with Crippen LogP contribution in [0.3, 0.4) is 0 Å². The van der Waals surface area contributed by atoms with Crippen molar-refractivity contribution >= 4 is 5.91 Å². The van der Waals surface area contributed by atoms with E-state index in [1.807, 2.05) is 0 Å². The molecular formula is C12H17NO3. The number of aliphatic hydroxyl groups is 1. The second-order valence-corrected chi connectivity index (χ2v) is 3.86. The van der Waals surface area contributed by atoms with Crippen LogP contribution in [0.15, 0.2) is 35.5 Å². The first-order chi connectivity index (χ1) is 7.56. The van der Waals surface area contributed by atoms with Gasteiger partial charge in [0.25, 0.3) is 0 Å². The van der Waals surface area contributed by atoms with Crippen LogP contribution in [-0.2, 0) is 10.4 Å². The molecular weight excluding hydrogens is 206 g/mol. The minimum atomic E-state index is -1.17. The van der Waals surface area contributed by atoms with Gasteiger partial charge in [-0.05, 0) is 25.5 Å². The number of nitrogens with one attached hydrogen (secondary N) is 1. The van der Waals surface area contributed by atoms with Gasteiger partial charge in [0.15, 0.2) is 0 Å². The summed E-state index contributed by atoms with van der Waals surface area (Å²) in [5.74, 6) is 0.336. The lowest BCUT2D eigenvalue weighted by Crippen LogP contribution is -2.38. The third-order valence-corrected chi connectivity index (χ3v) is 2.26. The molecule has 0 aliphatic rings. The minimum Gasteiger partial charge on any atom is -0.466 e. The van der Waals surface area contributed by atoms with Crippen LogP contribution in [0.25, 0.3) is 0 Å². The molecule has 2 N–H and O–H groups in total. The van der Waals surface area contributed by atoms with Gasteiger partial charge in [0, 0.05) is 6.42 Å². The highest BCUT2D eigenvalue weighted by atomic mass is 16.4. The largest absolute Gasteiger partial charge is 0.466 e. The molecule has 0 unspecified atom stereocenters. The molecule has 16 heavy (non-hydrogen) atoms. The fourth-order valence-electron chi connectivity index (χ4n) is 1.26. The zero-order chi connectivity index (χ0) is 12.0. The Morgan fingerprint density at radius 2 is 2.50 bits per heavy atom. The third-order valence-electron chi connectivity index (χ3n) is 2.26. The molecule has 0 fully saturated rings. The van der Waals surface area contributed by atoms with Crippen LogP contribution >= 0.6 is 0 Å². The van der Waals surface area contributed by atoms with E-state index in [9.17, 15) is 9.90 Å². The number of furan rings is 1. The van der Waals surface area contributed by atoms with E-state index < -0.39 is 5.60 Å². The average Bonchev–Trinajstić information content (AvgIpc) is 2.77. The van der Waals surface area contributed by atoms with E-state index in [-0.39, 0.29) is 12.5 Å². The van der Waals surface area contributed by atoms with Crippen LogP contribution in [0.5, 0.6) is 0 Å². The number of hydrogen-bond donors (Lipinski definition) is 2. The number of allylic oxidation sites excluding steroid dienone is 1. The first-order valence-corrected chi connectivity index (χ1v) is 5.20. The summed E-state index contributed by atoms with van der Waals surface area (Å²) in [7, 11) is 0. The summed E-state index contributed by atoms with van der Waals surface area (Å²) >= 11 is 0. The van der Waals surface area contributed by atoms with Crippen LogP contribution in [0, 0.1) is 0 Å². The molecule has 0 radical (unpaired) electrons. The second-order valence-electron chi connectivity index (χ2n) is 3.86. The quantitative estimate of drug-likeness (QED) is 0.719. The van der Waals surface area contributed by atoms with Gasteiger partial charge in [-0.2, -0.15) is 0 Å². The number of amides is 1. The maximum Gasteiger partial charge on any atom is 0.220 e. The standard InChI is InChI=1S/C12H17NO3/c1-3-4-7-11(14)13-9-12(2,15)10-6-5-8-16-10/h3,5-6,8,15H,1,4,7,9H2,2H3,(H,13,14)/t12-/m0/s1. The molecule has 0 aromatic carbocycles. The van der Waals surface area contributed by atoms with Crippen LogP contribution in [0.4, 0.5) is 0 Å². The van der Waals surface area contributed by atoms with Crippen molar-refractivity contribution in [3.8, 4) is 0 Å². The molecule has 0 bridgehead atoms. The van der Waals surface area contributed by atoms with E-state index >= 15 is 0 Å². The van der Waals surface area contributed by atoms with Crippen molar-refractivity contribution in [1.29, 1.82) is 0 Å². The highest BCUT2D eigenvalue weighted by Crippen LogP contribution is 2.19. The van der Waals surface area contributed by atoms with Gasteiger partial charge in [-0.1, -0.05) is 6.08 Å². The van der Waals surface area contributed by atoms with Gasteiger partial charge in [-0.25, -0.2) is 0 Å². The summed E-state index contributed by atoms with van der Waals surface area (Å²) in [6.07, 6.45) is 4.19. The molecule has 4 nitrogen and oxygen atoms in total. The molecule has 1 heterocycles. The Balaban J connectivity index is 2.42. The number of carbonyl (C=O) groups is 1. The zero-order valence-corrected chi connectivity index (χ0v) is 9.40. The van der Waals surface area contributed by atoms with Crippen LogP contribution in [0.2, 0.25) is 0 Å². The van der Waals surface area contributed by atoms with Gasteiger partial charge in [-0.15, -0.1) is 6.58 Å².